The maximum Gasteiger partial charge on any atom is 0.239 e. The first-order valence-corrected chi connectivity index (χ1v) is 11.4. The summed E-state index contributed by atoms with van der Waals surface area (Å²) in [5.41, 5.74) is 0.983. The van der Waals surface area contributed by atoms with Crippen LogP contribution in [0.25, 0.3) is 0 Å². The van der Waals surface area contributed by atoms with Gasteiger partial charge in [0.1, 0.15) is 6.04 Å². The summed E-state index contributed by atoms with van der Waals surface area (Å²) in [6, 6.07) is 10.1. The first kappa shape index (κ1) is 21.0. The van der Waals surface area contributed by atoms with E-state index in [2.05, 4.69) is 32.5 Å². The lowest BCUT2D eigenvalue weighted by atomic mass is 10.0. The Balaban J connectivity index is 1.33. The van der Waals surface area contributed by atoms with E-state index in [1.54, 1.807) is 17.5 Å². The van der Waals surface area contributed by atoms with Gasteiger partial charge in [-0.1, -0.05) is 12.1 Å². The largest absolute Gasteiger partial charge is 0.353 e. The first-order chi connectivity index (χ1) is 14.6. The second kappa shape index (κ2) is 9.68. The molecule has 0 aliphatic carbocycles. The molecular formula is C22H29N5O2S. The lowest BCUT2D eigenvalue weighted by Gasteiger charge is -2.33. The molecule has 4 rings (SSSR count). The van der Waals surface area contributed by atoms with Gasteiger partial charge in [-0.05, 0) is 43.5 Å². The van der Waals surface area contributed by atoms with E-state index in [0.29, 0.717) is 26.1 Å². The minimum atomic E-state index is -0.172. The standard InChI is InChI=1S/C22H29N5O2S/c1-26-17(7-8-20(28)24-14-18-6-4-12-30-18)13-25-22(29)21-19(26)9-11-27(21)15-16-5-2-3-10-23-16/h2-6,10,12,17,19,21H,7-9,11,13-15H2,1H3,(H,24,28)(H,25,29). The zero-order valence-electron chi connectivity index (χ0n) is 17.3. The van der Waals surface area contributed by atoms with Gasteiger partial charge in [0.2, 0.25) is 11.8 Å². The SMILES string of the molecule is CN1C(CCC(=O)NCc2cccs2)CNC(=O)C2C1CCN2Cc1ccccn1. The summed E-state index contributed by atoms with van der Waals surface area (Å²) in [6.07, 6.45) is 3.94. The molecule has 4 heterocycles. The van der Waals surface area contributed by atoms with Crippen molar-refractivity contribution in [3.63, 3.8) is 0 Å². The summed E-state index contributed by atoms with van der Waals surface area (Å²) in [5, 5.41) is 8.13. The van der Waals surface area contributed by atoms with E-state index in [0.717, 1.165) is 30.0 Å². The van der Waals surface area contributed by atoms with Crippen molar-refractivity contribution in [1.82, 2.24) is 25.4 Å². The van der Waals surface area contributed by atoms with Crippen molar-refractivity contribution < 1.29 is 9.59 Å². The number of hydrogen-bond donors (Lipinski definition) is 2. The normalized spacial score (nSPS) is 24.8. The van der Waals surface area contributed by atoms with Gasteiger partial charge in [-0.25, -0.2) is 0 Å². The Morgan fingerprint density at radius 1 is 1.33 bits per heavy atom. The second-order valence-corrected chi connectivity index (χ2v) is 9.08. The highest BCUT2D eigenvalue weighted by molar-refractivity contribution is 7.09. The highest BCUT2D eigenvalue weighted by Crippen LogP contribution is 2.28. The third kappa shape index (κ3) is 4.88. The lowest BCUT2D eigenvalue weighted by molar-refractivity contribution is -0.126. The van der Waals surface area contributed by atoms with Crippen LogP contribution in [-0.4, -0.2) is 64.9 Å². The fraction of sp³-hybridized carbons (Fsp3) is 0.500. The molecule has 2 fully saturated rings. The summed E-state index contributed by atoms with van der Waals surface area (Å²) in [7, 11) is 2.09. The molecule has 30 heavy (non-hydrogen) atoms. The Morgan fingerprint density at radius 3 is 3.00 bits per heavy atom. The smallest absolute Gasteiger partial charge is 0.239 e. The summed E-state index contributed by atoms with van der Waals surface area (Å²) in [6.45, 7) is 2.72. The van der Waals surface area contributed by atoms with Crippen LogP contribution >= 0.6 is 11.3 Å². The maximum atomic E-state index is 12.9. The minimum absolute atomic E-state index is 0.0622. The van der Waals surface area contributed by atoms with E-state index in [1.807, 2.05) is 35.7 Å². The second-order valence-electron chi connectivity index (χ2n) is 8.05. The average Bonchev–Trinajstić information content (AvgIpc) is 3.40. The predicted molar refractivity (Wildman–Crippen MR) is 117 cm³/mol. The van der Waals surface area contributed by atoms with E-state index in [1.165, 1.54) is 0 Å². The first-order valence-electron chi connectivity index (χ1n) is 10.5. The zero-order chi connectivity index (χ0) is 20.9. The molecule has 8 heteroatoms. The molecule has 3 unspecified atom stereocenters. The van der Waals surface area contributed by atoms with Gasteiger partial charge >= 0.3 is 0 Å². The number of likely N-dealkylation sites (N-methyl/N-ethyl adjacent to an activating group) is 1. The zero-order valence-corrected chi connectivity index (χ0v) is 18.1. The fourth-order valence-corrected chi connectivity index (χ4v) is 5.16. The maximum absolute atomic E-state index is 12.9. The molecule has 0 saturated carbocycles. The highest BCUT2D eigenvalue weighted by Gasteiger charge is 2.44. The van der Waals surface area contributed by atoms with Crippen LogP contribution in [0.5, 0.6) is 0 Å². The summed E-state index contributed by atoms with van der Waals surface area (Å²) < 4.78 is 0. The van der Waals surface area contributed by atoms with E-state index >= 15 is 0 Å². The molecule has 3 atom stereocenters. The van der Waals surface area contributed by atoms with Crippen LogP contribution in [-0.2, 0) is 22.7 Å². The molecule has 2 aliphatic rings. The van der Waals surface area contributed by atoms with Crippen LogP contribution < -0.4 is 10.6 Å². The van der Waals surface area contributed by atoms with Gasteiger partial charge in [-0.15, -0.1) is 11.3 Å². The van der Waals surface area contributed by atoms with Gasteiger partial charge in [0.05, 0.1) is 12.2 Å². The van der Waals surface area contributed by atoms with E-state index in [4.69, 9.17) is 0 Å². The van der Waals surface area contributed by atoms with E-state index in [-0.39, 0.29) is 29.9 Å². The molecule has 2 amide bonds. The van der Waals surface area contributed by atoms with Gasteiger partial charge in [-0.3, -0.25) is 24.4 Å². The molecule has 7 nitrogen and oxygen atoms in total. The lowest BCUT2D eigenvalue weighted by Crippen LogP contribution is -2.49. The molecule has 2 saturated heterocycles. The van der Waals surface area contributed by atoms with Crippen molar-refractivity contribution in [1.29, 1.82) is 0 Å². The van der Waals surface area contributed by atoms with Crippen molar-refractivity contribution >= 4 is 23.2 Å². The van der Waals surface area contributed by atoms with Gasteiger partial charge in [0.25, 0.3) is 0 Å². The minimum Gasteiger partial charge on any atom is -0.353 e. The van der Waals surface area contributed by atoms with E-state index < -0.39 is 0 Å². The number of likely N-dealkylation sites (tertiary alicyclic amines) is 1. The molecule has 0 spiro atoms. The van der Waals surface area contributed by atoms with Gasteiger partial charge < -0.3 is 10.6 Å². The molecule has 0 radical (unpaired) electrons. The molecule has 2 N–H and O–H groups in total. The van der Waals surface area contributed by atoms with Gasteiger partial charge in [0.15, 0.2) is 0 Å². The number of hydrogen-bond acceptors (Lipinski definition) is 6. The number of pyridine rings is 1. The van der Waals surface area contributed by atoms with Crippen LogP contribution in [0.1, 0.15) is 29.8 Å². The highest BCUT2D eigenvalue weighted by atomic mass is 32.1. The predicted octanol–water partition coefficient (Wildman–Crippen LogP) is 1.61. The van der Waals surface area contributed by atoms with Crippen LogP contribution in [0.3, 0.4) is 0 Å². The van der Waals surface area contributed by atoms with Crippen LogP contribution in [0.15, 0.2) is 41.9 Å². The third-order valence-electron chi connectivity index (χ3n) is 6.19. The molecule has 2 aromatic heterocycles. The number of rotatable bonds is 7. The molecular weight excluding hydrogens is 398 g/mol. The topological polar surface area (TPSA) is 77.6 Å². The number of carbonyl (C=O) groups excluding carboxylic acids is 2. The number of nitrogens with zero attached hydrogens (tertiary/aromatic N) is 3. The van der Waals surface area contributed by atoms with Crippen molar-refractivity contribution in [2.45, 2.75) is 50.5 Å². The van der Waals surface area contributed by atoms with Crippen molar-refractivity contribution in [2.75, 3.05) is 20.1 Å². The van der Waals surface area contributed by atoms with Crippen molar-refractivity contribution in [3.8, 4) is 0 Å². The summed E-state index contributed by atoms with van der Waals surface area (Å²) >= 11 is 1.65. The number of nitrogens with one attached hydrogen (secondary N) is 2. The molecule has 0 aromatic carbocycles. The quantitative estimate of drug-likeness (QED) is 0.702. The molecule has 2 aliphatic heterocycles. The van der Waals surface area contributed by atoms with Gasteiger partial charge in [-0.2, -0.15) is 0 Å². The van der Waals surface area contributed by atoms with Crippen molar-refractivity contribution in [3.05, 3.63) is 52.5 Å². The Bertz CT molecular complexity index is 844. The number of fused-ring (bicyclic) bond motifs is 1. The number of carbonyl (C=O) groups is 2. The van der Waals surface area contributed by atoms with Crippen LogP contribution in [0.4, 0.5) is 0 Å². The Morgan fingerprint density at radius 2 is 2.23 bits per heavy atom. The van der Waals surface area contributed by atoms with E-state index in [9.17, 15) is 9.59 Å². The number of amides is 2. The number of aromatic nitrogens is 1. The van der Waals surface area contributed by atoms with Crippen molar-refractivity contribution in [2.24, 2.45) is 0 Å². The third-order valence-corrected chi connectivity index (χ3v) is 7.06. The summed E-state index contributed by atoms with van der Waals surface area (Å²) in [5.74, 6) is 0.150. The monoisotopic (exact) mass is 427 g/mol. The fourth-order valence-electron chi connectivity index (χ4n) is 4.51. The average molecular weight is 428 g/mol. The summed E-state index contributed by atoms with van der Waals surface area (Å²) in [4.78, 5) is 35.3. The molecule has 0 bridgehead atoms. The number of thiophene rings is 1. The van der Waals surface area contributed by atoms with Gasteiger partial charge in [0, 0.05) is 49.2 Å². The Kier molecular flexibility index (Phi) is 6.76. The van der Waals surface area contributed by atoms with Crippen LogP contribution in [0, 0.1) is 0 Å². The Labute approximate surface area is 181 Å². The van der Waals surface area contributed by atoms with Crippen LogP contribution in [0.2, 0.25) is 0 Å². The molecule has 2 aromatic rings. The molecule has 160 valence electrons. The Hall–Kier alpha value is -2.29.